The Bertz CT molecular complexity index is 494. The molecule has 1 heterocycles. The van der Waals surface area contributed by atoms with Crippen molar-refractivity contribution in [2.45, 2.75) is 40.0 Å². The van der Waals surface area contributed by atoms with Gasteiger partial charge in [-0.1, -0.05) is 31.6 Å². The van der Waals surface area contributed by atoms with E-state index in [0.29, 0.717) is 0 Å². The van der Waals surface area contributed by atoms with Crippen LogP contribution in [0.5, 0.6) is 0 Å². The molecule has 1 aromatic rings. The van der Waals surface area contributed by atoms with Gasteiger partial charge in [0, 0.05) is 18.4 Å². The van der Waals surface area contributed by atoms with E-state index in [0.717, 1.165) is 6.42 Å². The molecule has 1 aromatic carbocycles. The Balaban J connectivity index is 2.47. The molecule has 1 heteroatoms. The van der Waals surface area contributed by atoms with E-state index in [-0.39, 0.29) is 0 Å². The fraction of sp³-hybridized carbons (Fsp3) is 0.412. The zero-order chi connectivity index (χ0) is 13.1. The van der Waals surface area contributed by atoms with E-state index in [9.17, 15) is 0 Å². The zero-order valence-electron chi connectivity index (χ0n) is 12.0. The molecule has 1 aliphatic rings. The first-order chi connectivity index (χ1) is 8.67. The van der Waals surface area contributed by atoms with E-state index in [2.05, 4.69) is 63.1 Å². The third-order valence-electron chi connectivity index (χ3n) is 3.61. The van der Waals surface area contributed by atoms with Gasteiger partial charge in [0.05, 0.1) is 0 Å². The van der Waals surface area contributed by atoms with Crippen LogP contribution in [0.2, 0.25) is 0 Å². The molecule has 96 valence electrons. The zero-order valence-corrected chi connectivity index (χ0v) is 12.0. The monoisotopic (exact) mass is 241 g/mol. The quantitative estimate of drug-likeness (QED) is 0.746. The molecule has 0 aromatic heterocycles. The van der Waals surface area contributed by atoms with Crippen LogP contribution in [-0.4, -0.2) is 7.05 Å². The lowest BCUT2D eigenvalue weighted by atomic mass is 9.92. The van der Waals surface area contributed by atoms with Crippen molar-refractivity contribution in [2.75, 3.05) is 11.9 Å². The van der Waals surface area contributed by atoms with Crippen LogP contribution < -0.4 is 4.90 Å². The highest BCUT2D eigenvalue weighted by molar-refractivity contribution is 5.65. The summed E-state index contributed by atoms with van der Waals surface area (Å²) in [5.41, 5.74) is 7.11. The minimum absolute atomic E-state index is 1.10. The minimum Gasteiger partial charge on any atom is -0.344 e. The molecular weight excluding hydrogens is 218 g/mol. The Morgan fingerprint density at radius 1 is 1.33 bits per heavy atom. The topological polar surface area (TPSA) is 3.24 Å². The normalized spacial score (nSPS) is 15.4. The Morgan fingerprint density at radius 3 is 2.78 bits per heavy atom. The molecule has 1 aliphatic heterocycles. The van der Waals surface area contributed by atoms with Crippen molar-refractivity contribution in [2.24, 2.45) is 0 Å². The lowest BCUT2D eigenvalue weighted by Crippen LogP contribution is -2.23. The second-order valence-electron chi connectivity index (χ2n) is 5.11. The maximum absolute atomic E-state index is 2.34. The van der Waals surface area contributed by atoms with Gasteiger partial charge in [-0.25, -0.2) is 0 Å². The fourth-order valence-corrected chi connectivity index (χ4v) is 2.73. The van der Waals surface area contributed by atoms with Crippen molar-refractivity contribution in [1.29, 1.82) is 0 Å². The highest BCUT2D eigenvalue weighted by Crippen LogP contribution is 2.35. The third-order valence-corrected chi connectivity index (χ3v) is 3.61. The molecule has 18 heavy (non-hydrogen) atoms. The van der Waals surface area contributed by atoms with Crippen LogP contribution in [0.1, 0.15) is 37.8 Å². The number of aryl methyl sites for hydroxylation is 1. The van der Waals surface area contributed by atoms with Crippen LogP contribution in [-0.2, 0) is 6.42 Å². The number of hydrogen-bond acceptors (Lipinski definition) is 1. The van der Waals surface area contributed by atoms with Gasteiger partial charge in [-0.15, -0.1) is 0 Å². The molecule has 0 unspecified atom stereocenters. The van der Waals surface area contributed by atoms with E-state index in [1.807, 2.05) is 0 Å². The molecule has 0 aliphatic carbocycles. The summed E-state index contributed by atoms with van der Waals surface area (Å²) in [7, 11) is 2.18. The molecule has 0 saturated heterocycles. The predicted molar refractivity (Wildman–Crippen MR) is 80.0 cm³/mol. The molecule has 0 saturated carbocycles. The van der Waals surface area contributed by atoms with Crippen LogP contribution >= 0.6 is 0 Å². The average molecular weight is 241 g/mol. The number of fused-ring (bicyclic) bond motifs is 1. The van der Waals surface area contributed by atoms with Crippen molar-refractivity contribution in [3.8, 4) is 0 Å². The number of likely N-dealkylation sites (N-methyl/N-ethyl adjacent to an activating group) is 1. The largest absolute Gasteiger partial charge is 0.344 e. The maximum Gasteiger partial charge on any atom is 0.0446 e. The summed E-state index contributed by atoms with van der Waals surface area (Å²) in [6.45, 7) is 6.51. The summed E-state index contributed by atoms with van der Waals surface area (Å²) in [4.78, 5) is 2.34. The number of nitrogens with zero attached hydrogens (tertiary/aromatic N) is 1. The Labute approximate surface area is 111 Å². The molecular formula is C17H23N. The van der Waals surface area contributed by atoms with Gasteiger partial charge in [0.2, 0.25) is 0 Å². The van der Waals surface area contributed by atoms with E-state index in [4.69, 9.17) is 0 Å². The van der Waals surface area contributed by atoms with E-state index in [1.165, 1.54) is 35.4 Å². The van der Waals surface area contributed by atoms with Crippen LogP contribution in [0, 0.1) is 6.92 Å². The molecule has 0 amide bonds. The number of allylic oxidation sites excluding steroid dienone is 3. The fourth-order valence-electron chi connectivity index (χ4n) is 2.73. The molecule has 2 rings (SSSR count). The SMILES string of the molecule is CC=CC1=C(CCC)Cc2ccc(C)cc2N1C. The first-order valence-corrected chi connectivity index (χ1v) is 6.85. The van der Waals surface area contributed by atoms with Crippen LogP contribution in [0.3, 0.4) is 0 Å². The first-order valence-electron chi connectivity index (χ1n) is 6.85. The molecule has 0 bridgehead atoms. The van der Waals surface area contributed by atoms with Crippen LogP contribution in [0.25, 0.3) is 0 Å². The highest BCUT2D eigenvalue weighted by Gasteiger charge is 2.20. The van der Waals surface area contributed by atoms with Gasteiger partial charge < -0.3 is 4.90 Å². The summed E-state index contributed by atoms with van der Waals surface area (Å²) in [5, 5.41) is 0. The number of hydrogen-bond donors (Lipinski definition) is 0. The maximum atomic E-state index is 2.34. The summed E-state index contributed by atoms with van der Waals surface area (Å²) >= 11 is 0. The van der Waals surface area contributed by atoms with E-state index >= 15 is 0 Å². The van der Waals surface area contributed by atoms with Gasteiger partial charge in [0.25, 0.3) is 0 Å². The van der Waals surface area contributed by atoms with Crippen molar-refractivity contribution in [3.05, 3.63) is 52.7 Å². The van der Waals surface area contributed by atoms with Gasteiger partial charge in [-0.05, 0) is 55.5 Å². The second kappa shape index (κ2) is 5.43. The van der Waals surface area contributed by atoms with Crippen molar-refractivity contribution < 1.29 is 0 Å². The van der Waals surface area contributed by atoms with Crippen LogP contribution in [0.15, 0.2) is 41.6 Å². The lowest BCUT2D eigenvalue weighted by Gasteiger charge is -2.32. The summed E-state index contributed by atoms with van der Waals surface area (Å²) in [6, 6.07) is 6.79. The number of rotatable bonds is 3. The number of anilines is 1. The second-order valence-corrected chi connectivity index (χ2v) is 5.11. The highest BCUT2D eigenvalue weighted by atomic mass is 15.1. The van der Waals surface area contributed by atoms with Crippen molar-refractivity contribution >= 4 is 5.69 Å². The van der Waals surface area contributed by atoms with Gasteiger partial charge >= 0.3 is 0 Å². The third kappa shape index (κ3) is 2.35. The first kappa shape index (κ1) is 12.9. The summed E-state index contributed by atoms with van der Waals surface area (Å²) in [5.74, 6) is 0. The van der Waals surface area contributed by atoms with Gasteiger partial charge in [-0.2, -0.15) is 0 Å². The predicted octanol–water partition coefficient (Wildman–Crippen LogP) is 4.62. The standard InChI is InChI=1S/C17H23N/c1-5-7-14-12-15-10-9-13(3)11-17(15)18(4)16(14)8-6-2/h6,8-11H,5,7,12H2,1-4H3. The summed E-state index contributed by atoms with van der Waals surface area (Å²) in [6.07, 6.45) is 7.90. The molecule has 0 spiro atoms. The van der Waals surface area contributed by atoms with Crippen LogP contribution in [0.4, 0.5) is 5.69 Å². The minimum atomic E-state index is 1.10. The molecule has 1 nitrogen and oxygen atoms in total. The molecule has 0 atom stereocenters. The molecule has 0 N–H and O–H groups in total. The lowest BCUT2D eigenvalue weighted by molar-refractivity contribution is 0.831. The van der Waals surface area contributed by atoms with Crippen molar-refractivity contribution in [3.63, 3.8) is 0 Å². The molecule has 0 fully saturated rings. The summed E-state index contributed by atoms with van der Waals surface area (Å²) < 4.78 is 0. The van der Waals surface area contributed by atoms with Gasteiger partial charge in [0.1, 0.15) is 0 Å². The Hall–Kier alpha value is -1.50. The van der Waals surface area contributed by atoms with E-state index < -0.39 is 0 Å². The van der Waals surface area contributed by atoms with Crippen molar-refractivity contribution in [1.82, 2.24) is 0 Å². The van der Waals surface area contributed by atoms with Gasteiger partial charge in [0.15, 0.2) is 0 Å². The Kier molecular flexibility index (Phi) is 3.90. The van der Waals surface area contributed by atoms with E-state index in [1.54, 1.807) is 5.57 Å². The van der Waals surface area contributed by atoms with Gasteiger partial charge in [-0.3, -0.25) is 0 Å². The average Bonchev–Trinajstić information content (AvgIpc) is 2.35. The number of benzene rings is 1. The smallest absolute Gasteiger partial charge is 0.0446 e. The molecule has 0 radical (unpaired) electrons. The Morgan fingerprint density at radius 2 is 2.11 bits per heavy atom.